The summed E-state index contributed by atoms with van der Waals surface area (Å²) in [7, 11) is 1.58. The van der Waals surface area contributed by atoms with Crippen LogP contribution >= 0.6 is 0 Å². The van der Waals surface area contributed by atoms with Gasteiger partial charge in [0.15, 0.2) is 0 Å². The Morgan fingerprint density at radius 3 is 2.47 bits per heavy atom. The Bertz CT molecular complexity index is 318. The largest absolute Gasteiger partial charge is 0.375 e. The molecule has 0 spiro atoms. The molecule has 1 aliphatic rings. The van der Waals surface area contributed by atoms with Crippen molar-refractivity contribution < 1.29 is 14.3 Å². The normalized spacial score (nSPS) is 24.3. The number of hydrogen-bond acceptors (Lipinski definition) is 3. The Hall–Kier alpha value is -1.10. The smallest absolute Gasteiger partial charge is 0.242 e. The predicted octanol–water partition coefficient (Wildman–Crippen LogP) is 1.22. The Labute approximate surface area is 115 Å². The minimum atomic E-state index is -0.457. The van der Waals surface area contributed by atoms with Crippen molar-refractivity contribution in [2.75, 3.05) is 7.05 Å². The average Bonchev–Trinajstić information content (AvgIpc) is 2.78. The zero-order valence-corrected chi connectivity index (χ0v) is 12.4. The predicted molar refractivity (Wildman–Crippen MR) is 73.6 cm³/mol. The first-order valence-electron chi connectivity index (χ1n) is 7.10. The third-order valence-corrected chi connectivity index (χ3v) is 3.53. The molecular weight excluding hydrogens is 244 g/mol. The highest BCUT2D eigenvalue weighted by Gasteiger charge is 2.25. The number of carbonyl (C=O) groups is 2. The molecule has 1 aliphatic heterocycles. The van der Waals surface area contributed by atoms with Crippen LogP contribution < -0.4 is 10.6 Å². The fourth-order valence-corrected chi connectivity index (χ4v) is 2.33. The van der Waals surface area contributed by atoms with Crippen LogP contribution in [-0.4, -0.2) is 37.1 Å². The van der Waals surface area contributed by atoms with Crippen LogP contribution in [0.25, 0.3) is 0 Å². The van der Waals surface area contributed by atoms with Crippen LogP contribution in [-0.2, 0) is 14.3 Å². The highest BCUT2D eigenvalue weighted by Crippen LogP contribution is 2.22. The van der Waals surface area contributed by atoms with Crippen LogP contribution in [0.4, 0.5) is 0 Å². The SMILES string of the molecule is CNC(=O)C(NC(=O)CCC1CCC(C)O1)C(C)C. The Kier molecular flexibility index (Phi) is 6.28. The summed E-state index contributed by atoms with van der Waals surface area (Å²) in [5.41, 5.74) is 0. The van der Waals surface area contributed by atoms with Gasteiger partial charge in [0, 0.05) is 13.5 Å². The molecule has 3 unspecified atom stereocenters. The van der Waals surface area contributed by atoms with Crippen molar-refractivity contribution in [3.63, 3.8) is 0 Å². The lowest BCUT2D eigenvalue weighted by molar-refractivity contribution is -0.130. The topological polar surface area (TPSA) is 67.4 Å². The van der Waals surface area contributed by atoms with Gasteiger partial charge in [-0.05, 0) is 32.1 Å². The lowest BCUT2D eigenvalue weighted by Crippen LogP contribution is -2.48. The fraction of sp³-hybridized carbons (Fsp3) is 0.857. The lowest BCUT2D eigenvalue weighted by Gasteiger charge is -2.21. The molecule has 5 heteroatoms. The minimum absolute atomic E-state index is 0.0756. The molecule has 1 rings (SSSR count). The quantitative estimate of drug-likeness (QED) is 0.762. The lowest BCUT2D eigenvalue weighted by atomic mass is 10.0. The Morgan fingerprint density at radius 2 is 2.00 bits per heavy atom. The molecule has 5 nitrogen and oxygen atoms in total. The van der Waals surface area contributed by atoms with Crippen molar-refractivity contribution in [2.45, 2.75) is 64.7 Å². The summed E-state index contributed by atoms with van der Waals surface area (Å²) in [5.74, 6) is -0.147. The molecule has 110 valence electrons. The van der Waals surface area contributed by atoms with Crippen LogP contribution in [0.2, 0.25) is 0 Å². The standard InChI is InChI=1S/C14H26N2O3/c1-9(2)13(14(18)15-4)16-12(17)8-7-11-6-5-10(3)19-11/h9-11,13H,5-8H2,1-4H3,(H,15,18)(H,16,17). The molecule has 3 atom stereocenters. The van der Waals surface area contributed by atoms with E-state index < -0.39 is 6.04 Å². The number of rotatable bonds is 6. The number of carbonyl (C=O) groups excluding carboxylic acids is 2. The summed E-state index contributed by atoms with van der Waals surface area (Å²) in [6, 6.07) is -0.457. The van der Waals surface area contributed by atoms with E-state index in [9.17, 15) is 9.59 Å². The van der Waals surface area contributed by atoms with Gasteiger partial charge in [-0.25, -0.2) is 0 Å². The van der Waals surface area contributed by atoms with Crippen molar-refractivity contribution >= 4 is 11.8 Å². The molecule has 0 saturated carbocycles. The van der Waals surface area contributed by atoms with E-state index in [1.54, 1.807) is 7.05 Å². The van der Waals surface area contributed by atoms with Crippen molar-refractivity contribution in [3.8, 4) is 0 Å². The molecule has 0 aliphatic carbocycles. The second kappa shape index (κ2) is 7.48. The molecule has 1 heterocycles. The summed E-state index contributed by atoms with van der Waals surface area (Å²) < 4.78 is 5.67. The van der Waals surface area contributed by atoms with Crippen LogP contribution in [0.5, 0.6) is 0 Å². The van der Waals surface area contributed by atoms with Gasteiger partial charge in [-0.1, -0.05) is 13.8 Å². The minimum Gasteiger partial charge on any atom is -0.375 e. The van der Waals surface area contributed by atoms with Gasteiger partial charge in [-0.15, -0.1) is 0 Å². The third kappa shape index (κ3) is 5.19. The number of likely N-dealkylation sites (N-methyl/N-ethyl adjacent to an activating group) is 1. The van der Waals surface area contributed by atoms with E-state index in [-0.39, 0.29) is 23.8 Å². The summed E-state index contributed by atoms with van der Waals surface area (Å²) in [6.45, 7) is 5.89. The van der Waals surface area contributed by atoms with E-state index in [2.05, 4.69) is 17.6 Å². The molecule has 1 saturated heterocycles. The number of ether oxygens (including phenoxy) is 1. The number of amides is 2. The monoisotopic (exact) mass is 270 g/mol. The van der Waals surface area contributed by atoms with Crippen molar-refractivity contribution in [3.05, 3.63) is 0 Å². The van der Waals surface area contributed by atoms with Gasteiger partial charge < -0.3 is 15.4 Å². The van der Waals surface area contributed by atoms with E-state index in [1.165, 1.54) is 0 Å². The summed E-state index contributed by atoms with van der Waals surface area (Å²) in [5, 5.41) is 5.37. The van der Waals surface area contributed by atoms with Crippen LogP contribution in [0.15, 0.2) is 0 Å². The maximum atomic E-state index is 11.9. The van der Waals surface area contributed by atoms with E-state index >= 15 is 0 Å². The van der Waals surface area contributed by atoms with E-state index in [1.807, 2.05) is 13.8 Å². The van der Waals surface area contributed by atoms with E-state index in [0.717, 1.165) is 19.3 Å². The van der Waals surface area contributed by atoms with Crippen molar-refractivity contribution in [1.82, 2.24) is 10.6 Å². The van der Waals surface area contributed by atoms with Gasteiger partial charge >= 0.3 is 0 Å². The van der Waals surface area contributed by atoms with E-state index in [0.29, 0.717) is 12.5 Å². The molecular formula is C14H26N2O3. The van der Waals surface area contributed by atoms with Crippen LogP contribution in [0, 0.1) is 5.92 Å². The fourth-order valence-electron chi connectivity index (χ4n) is 2.33. The summed E-state index contributed by atoms with van der Waals surface area (Å²) >= 11 is 0. The third-order valence-electron chi connectivity index (χ3n) is 3.53. The van der Waals surface area contributed by atoms with Crippen molar-refractivity contribution in [2.24, 2.45) is 5.92 Å². The highest BCUT2D eigenvalue weighted by molar-refractivity contribution is 5.87. The van der Waals surface area contributed by atoms with Gasteiger partial charge in [0.05, 0.1) is 12.2 Å². The maximum Gasteiger partial charge on any atom is 0.242 e. The summed E-state index contributed by atoms with van der Waals surface area (Å²) in [4.78, 5) is 23.5. The zero-order chi connectivity index (χ0) is 14.4. The molecule has 2 amide bonds. The molecule has 19 heavy (non-hydrogen) atoms. The molecule has 0 aromatic rings. The second-order valence-corrected chi connectivity index (χ2v) is 5.59. The number of hydrogen-bond donors (Lipinski definition) is 2. The molecule has 0 bridgehead atoms. The van der Waals surface area contributed by atoms with Gasteiger partial charge in [-0.2, -0.15) is 0 Å². The van der Waals surface area contributed by atoms with Crippen LogP contribution in [0.3, 0.4) is 0 Å². The first-order valence-corrected chi connectivity index (χ1v) is 7.10. The zero-order valence-electron chi connectivity index (χ0n) is 12.4. The Morgan fingerprint density at radius 1 is 1.32 bits per heavy atom. The van der Waals surface area contributed by atoms with Crippen molar-refractivity contribution in [1.29, 1.82) is 0 Å². The average molecular weight is 270 g/mol. The molecule has 0 radical (unpaired) electrons. The number of nitrogens with one attached hydrogen (secondary N) is 2. The molecule has 0 aromatic carbocycles. The summed E-state index contributed by atoms with van der Waals surface area (Å²) in [6.07, 6.45) is 3.74. The molecule has 2 N–H and O–H groups in total. The van der Waals surface area contributed by atoms with Gasteiger partial charge in [0.2, 0.25) is 11.8 Å². The maximum absolute atomic E-state index is 11.9. The first kappa shape index (κ1) is 16.0. The molecule has 0 aromatic heterocycles. The Balaban J connectivity index is 2.34. The second-order valence-electron chi connectivity index (χ2n) is 5.59. The highest BCUT2D eigenvalue weighted by atomic mass is 16.5. The van der Waals surface area contributed by atoms with Gasteiger partial charge in [-0.3, -0.25) is 9.59 Å². The first-order chi connectivity index (χ1) is 8.93. The van der Waals surface area contributed by atoms with E-state index in [4.69, 9.17) is 4.74 Å². The van der Waals surface area contributed by atoms with Gasteiger partial charge in [0.1, 0.15) is 6.04 Å². The van der Waals surface area contributed by atoms with Crippen LogP contribution in [0.1, 0.15) is 46.5 Å². The molecule has 1 fully saturated rings. The van der Waals surface area contributed by atoms with Gasteiger partial charge in [0.25, 0.3) is 0 Å².